The first-order chi connectivity index (χ1) is 17.2. The smallest absolute Gasteiger partial charge is 0.475 e. The number of phosphoric ester groups is 1. The molecule has 0 amide bonds. The molecule has 0 saturated carbocycles. The molecular formula is C19H21N6O10P. The van der Waals surface area contributed by atoms with Crippen LogP contribution >= 0.6 is 7.82 Å². The van der Waals surface area contributed by atoms with Gasteiger partial charge in [0.25, 0.3) is 5.69 Å². The van der Waals surface area contributed by atoms with Gasteiger partial charge in [-0.25, -0.2) is 19.5 Å². The number of nitrogens with zero attached hydrogens (tertiary/aromatic N) is 5. The first kappa shape index (κ1) is 24.3. The summed E-state index contributed by atoms with van der Waals surface area (Å²) in [6.07, 6.45) is -1.55. The molecule has 5 atom stereocenters. The van der Waals surface area contributed by atoms with Crippen LogP contribution in [0.25, 0.3) is 11.2 Å². The fourth-order valence-electron chi connectivity index (χ4n) is 4.03. The molecular weight excluding hydrogens is 503 g/mol. The van der Waals surface area contributed by atoms with Crippen LogP contribution in [0.5, 0.6) is 11.5 Å². The van der Waals surface area contributed by atoms with E-state index in [1.165, 1.54) is 37.5 Å². The Bertz CT molecular complexity index is 1370. The highest BCUT2D eigenvalue weighted by Crippen LogP contribution is 2.57. The molecule has 5 rings (SSSR count). The number of benzene rings is 1. The molecule has 36 heavy (non-hydrogen) atoms. The number of aliphatic hydroxyl groups is 1. The van der Waals surface area contributed by atoms with Crippen molar-refractivity contribution in [2.75, 3.05) is 26.6 Å². The third kappa shape index (κ3) is 4.13. The van der Waals surface area contributed by atoms with Gasteiger partial charge >= 0.3 is 7.82 Å². The van der Waals surface area contributed by atoms with Gasteiger partial charge < -0.3 is 25.1 Å². The molecule has 2 saturated heterocycles. The summed E-state index contributed by atoms with van der Waals surface area (Å²) in [5.74, 6) is 0.513. The molecule has 0 aliphatic carbocycles. The summed E-state index contributed by atoms with van der Waals surface area (Å²) in [5, 5.41) is 22.4. The molecule has 0 bridgehead atoms. The lowest BCUT2D eigenvalue weighted by Gasteiger charge is -2.30. The lowest BCUT2D eigenvalue weighted by atomic mass is 10.1. The van der Waals surface area contributed by atoms with Gasteiger partial charge in [0.05, 0.1) is 50.3 Å². The van der Waals surface area contributed by atoms with Gasteiger partial charge in [-0.05, 0) is 6.07 Å². The normalized spacial score (nSPS) is 27.6. The van der Waals surface area contributed by atoms with Gasteiger partial charge in [0.15, 0.2) is 29.2 Å². The van der Waals surface area contributed by atoms with Crippen molar-refractivity contribution >= 4 is 30.5 Å². The number of phosphoric acid groups is 1. The van der Waals surface area contributed by atoms with E-state index in [1.54, 1.807) is 0 Å². The van der Waals surface area contributed by atoms with E-state index in [2.05, 4.69) is 15.0 Å². The minimum atomic E-state index is -4.24. The van der Waals surface area contributed by atoms with Gasteiger partial charge in [-0.2, -0.15) is 0 Å². The number of ether oxygens (including phenoxy) is 3. The second kappa shape index (κ2) is 9.24. The number of nitro benzene ring substituents is 1. The van der Waals surface area contributed by atoms with Crippen molar-refractivity contribution in [1.82, 2.24) is 19.5 Å². The van der Waals surface area contributed by atoms with Crippen LogP contribution in [0.3, 0.4) is 0 Å². The fraction of sp³-hybridized carbons (Fsp3) is 0.421. The summed E-state index contributed by atoms with van der Waals surface area (Å²) in [6.45, 7) is -0.735. The van der Waals surface area contributed by atoms with Gasteiger partial charge in [-0.3, -0.25) is 28.3 Å². The summed E-state index contributed by atoms with van der Waals surface area (Å²) in [5.41, 5.74) is 6.17. The number of fused-ring (bicyclic) bond motifs is 2. The van der Waals surface area contributed by atoms with E-state index in [-0.39, 0.29) is 35.2 Å². The largest absolute Gasteiger partial charge is 0.493 e. The summed E-state index contributed by atoms with van der Waals surface area (Å²) < 4.78 is 47.0. The maximum atomic E-state index is 13.2. The number of nitrogens with two attached hydrogens (primary N) is 1. The van der Waals surface area contributed by atoms with Crippen LogP contribution in [0.1, 0.15) is 11.8 Å². The number of imidazole rings is 1. The predicted octanol–water partition coefficient (Wildman–Crippen LogP) is 1.33. The van der Waals surface area contributed by atoms with Crippen LogP contribution in [0.2, 0.25) is 0 Å². The van der Waals surface area contributed by atoms with E-state index in [9.17, 15) is 19.8 Å². The number of aromatic nitrogens is 4. The Morgan fingerprint density at radius 2 is 2.03 bits per heavy atom. The zero-order valence-electron chi connectivity index (χ0n) is 18.9. The van der Waals surface area contributed by atoms with Crippen molar-refractivity contribution in [3.05, 3.63) is 40.5 Å². The average Bonchev–Trinajstić information content (AvgIpc) is 3.43. The Labute approximate surface area is 202 Å². The predicted molar refractivity (Wildman–Crippen MR) is 119 cm³/mol. The van der Waals surface area contributed by atoms with Gasteiger partial charge in [0.1, 0.15) is 30.2 Å². The molecule has 17 heteroatoms. The van der Waals surface area contributed by atoms with Crippen LogP contribution in [0.15, 0.2) is 24.8 Å². The summed E-state index contributed by atoms with van der Waals surface area (Å²) in [4.78, 5) is 23.0. The summed E-state index contributed by atoms with van der Waals surface area (Å²) in [6, 6.07) is 2.49. The molecule has 3 aromatic rings. The Hall–Kier alpha value is -3.40. The van der Waals surface area contributed by atoms with Gasteiger partial charge in [0, 0.05) is 0 Å². The highest BCUT2D eigenvalue weighted by Gasteiger charge is 2.53. The Kier molecular flexibility index (Phi) is 6.23. The Balaban J connectivity index is 1.34. The molecule has 1 unspecified atom stereocenters. The first-order valence-corrected chi connectivity index (χ1v) is 11.9. The molecule has 0 radical (unpaired) electrons. The van der Waals surface area contributed by atoms with Crippen molar-refractivity contribution < 1.29 is 42.4 Å². The van der Waals surface area contributed by atoms with Crippen molar-refractivity contribution in [3.8, 4) is 11.5 Å². The summed E-state index contributed by atoms with van der Waals surface area (Å²) >= 11 is 0. The van der Waals surface area contributed by atoms with E-state index in [0.717, 1.165) is 6.07 Å². The number of anilines is 1. The average molecular weight is 524 g/mol. The maximum Gasteiger partial charge on any atom is 0.475 e. The lowest BCUT2D eigenvalue weighted by Crippen LogP contribution is -2.39. The van der Waals surface area contributed by atoms with Crippen LogP contribution in [0.4, 0.5) is 11.5 Å². The van der Waals surface area contributed by atoms with Crippen LogP contribution in [0, 0.1) is 10.1 Å². The minimum absolute atomic E-state index is 0.0467. The van der Waals surface area contributed by atoms with E-state index >= 15 is 0 Å². The van der Waals surface area contributed by atoms with Crippen molar-refractivity contribution in [2.24, 2.45) is 0 Å². The monoisotopic (exact) mass is 524 g/mol. The highest BCUT2D eigenvalue weighted by atomic mass is 31.2. The molecule has 2 aliphatic heterocycles. The van der Waals surface area contributed by atoms with Gasteiger partial charge in [-0.1, -0.05) is 0 Å². The van der Waals surface area contributed by atoms with Crippen molar-refractivity contribution in [2.45, 2.75) is 31.1 Å². The van der Waals surface area contributed by atoms with Gasteiger partial charge in [0.2, 0.25) is 0 Å². The number of aliphatic hydroxyl groups excluding tert-OH is 1. The van der Waals surface area contributed by atoms with Crippen LogP contribution < -0.4 is 15.2 Å². The molecule has 2 fully saturated rings. The maximum absolute atomic E-state index is 13.2. The quantitative estimate of drug-likeness (QED) is 0.254. The van der Waals surface area contributed by atoms with E-state index in [0.29, 0.717) is 11.2 Å². The number of hydrogen-bond donors (Lipinski definition) is 2. The highest BCUT2D eigenvalue weighted by molar-refractivity contribution is 7.48. The molecule has 4 heterocycles. The molecule has 2 aliphatic rings. The summed E-state index contributed by atoms with van der Waals surface area (Å²) in [7, 11) is -1.54. The zero-order valence-corrected chi connectivity index (χ0v) is 19.8. The second-order valence-corrected chi connectivity index (χ2v) is 9.44. The molecule has 3 N–H and O–H groups in total. The Morgan fingerprint density at radius 1 is 1.28 bits per heavy atom. The van der Waals surface area contributed by atoms with Crippen LogP contribution in [-0.4, -0.2) is 68.7 Å². The standard InChI is InChI=1S/C19H21N6O10P/c1-30-11-3-9(10(25(27)28)4-12(11)31-2)5-32-36(29)33-6-13-16(35-36)15(26)19(34-13)24-8-23-14-17(20)21-7-22-18(14)24/h3-4,7-8,13,15-16,19,26H,5-6H2,1-2H3,(H2,20,21,22)/t13-,15-,16-,19-,36?/m1/s1. The number of rotatable bonds is 7. The third-order valence-corrected chi connectivity index (χ3v) is 7.19. The third-order valence-electron chi connectivity index (χ3n) is 5.78. The topological polar surface area (TPSA) is 205 Å². The van der Waals surface area contributed by atoms with E-state index in [1.807, 2.05) is 0 Å². The number of nitro groups is 1. The zero-order chi connectivity index (χ0) is 25.6. The molecule has 16 nitrogen and oxygen atoms in total. The number of methoxy groups -OCH3 is 2. The molecule has 1 aromatic carbocycles. The minimum Gasteiger partial charge on any atom is -0.493 e. The molecule has 192 valence electrons. The van der Waals surface area contributed by atoms with E-state index < -0.39 is 43.9 Å². The van der Waals surface area contributed by atoms with Crippen molar-refractivity contribution in [1.29, 1.82) is 0 Å². The number of hydrogen-bond acceptors (Lipinski definition) is 14. The van der Waals surface area contributed by atoms with Crippen molar-refractivity contribution in [3.63, 3.8) is 0 Å². The van der Waals surface area contributed by atoms with Gasteiger partial charge in [-0.15, -0.1) is 0 Å². The second-order valence-electron chi connectivity index (χ2n) is 7.82. The lowest BCUT2D eigenvalue weighted by molar-refractivity contribution is -0.385. The SMILES string of the molecule is COc1cc(COP2(=O)OC[C@H]3O[C@@H](n4cnc5c(N)ncnc54)[C@H](O)[C@@H]3O2)c([N+](=O)[O-])cc1OC. The van der Waals surface area contributed by atoms with Crippen LogP contribution in [-0.2, 0) is 29.5 Å². The van der Waals surface area contributed by atoms with E-state index in [4.69, 9.17) is 33.5 Å². The fourth-order valence-corrected chi connectivity index (χ4v) is 5.41. The molecule has 0 spiro atoms. The Morgan fingerprint density at radius 3 is 2.75 bits per heavy atom. The first-order valence-electron chi connectivity index (χ1n) is 10.5. The number of nitrogen functional groups attached to an aromatic ring is 1. The molecule has 2 aromatic heterocycles.